The third kappa shape index (κ3) is 6.02. The molecule has 2 aromatic rings. The van der Waals surface area contributed by atoms with E-state index in [1.54, 1.807) is 26.9 Å². The summed E-state index contributed by atoms with van der Waals surface area (Å²) in [6, 6.07) is 9.87. The van der Waals surface area contributed by atoms with Gasteiger partial charge in [-0.1, -0.05) is 30.3 Å². The Bertz CT molecular complexity index is 992. The van der Waals surface area contributed by atoms with Crippen molar-refractivity contribution in [3.05, 3.63) is 53.9 Å². The van der Waals surface area contributed by atoms with Crippen molar-refractivity contribution in [2.75, 3.05) is 39.3 Å². The van der Waals surface area contributed by atoms with Gasteiger partial charge in [0.1, 0.15) is 6.54 Å². The van der Waals surface area contributed by atoms with Crippen molar-refractivity contribution in [3.63, 3.8) is 0 Å². The minimum atomic E-state index is -0.315. The second-order valence-corrected chi connectivity index (χ2v) is 8.87. The minimum Gasteiger partial charge on any atom is -0.370 e. The van der Waals surface area contributed by atoms with Gasteiger partial charge < -0.3 is 19.4 Å². The molecule has 1 aromatic carbocycles. The van der Waals surface area contributed by atoms with Crippen LogP contribution in [0.4, 0.5) is 0 Å². The number of carbonyl (C=O) groups excluding carboxylic acids is 3. The van der Waals surface area contributed by atoms with Crippen LogP contribution in [0.15, 0.2) is 42.7 Å². The molecule has 2 aliphatic rings. The van der Waals surface area contributed by atoms with Crippen LogP contribution in [0.3, 0.4) is 0 Å². The maximum atomic E-state index is 13.2. The smallest absolute Gasteiger partial charge is 0.257 e. The van der Waals surface area contributed by atoms with E-state index in [1.807, 2.05) is 42.2 Å². The van der Waals surface area contributed by atoms with Gasteiger partial charge in [0.2, 0.25) is 11.8 Å². The summed E-state index contributed by atoms with van der Waals surface area (Å²) >= 11 is 0. The van der Waals surface area contributed by atoms with Crippen molar-refractivity contribution in [3.8, 4) is 0 Å². The number of hydrogen-bond donors (Lipinski definition) is 0. The summed E-state index contributed by atoms with van der Waals surface area (Å²) in [7, 11) is 0. The number of hydrogen-bond acceptors (Lipinski definition) is 5. The first-order valence-corrected chi connectivity index (χ1v) is 12.1. The molecule has 0 radical (unpaired) electrons. The topological polar surface area (TPSA) is 88.0 Å². The van der Waals surface area contributed by atoms with Crippen LogP contribution in [0, 0.1) is 0 Å². The molecule has 3 heterocycles. The Morgan fingerprint density at radius 2 is 1.88 bits per heavy atom. The zero-order valence-electron chi connectivity index (χ0n) is 19.8. The number of nitrogens with zero attached hydrogens (tertiary/aromatic N) is 5. The molecular formula is C25H33N5O4. The molecule has 0 saturated carbocycles. The number of ether oxygens (including phenoxy) is 1. The van der Waals surface area contributed by atoms with Gasteiger partial charge in [0.25, 0.3) is 5.91 Å². The Hall–Kier alpha value is -3.20. The third-order valence-electron chi connectivity index (χ3n) is 6.37. The highest BCUT2D eigenvalue weighted by molar-refractivity contribution is 5.96. The predicted octanol–water partition coefficient (Wildman–Crippen LogP) is 1.79. The van der Waals surface area contributed by atoms with Crippen LogP contribution in [0.25, 0.3) is 0 Å². The van der Waals surface area contributed by atoms with E-state index in [9.17, 15) is 14.4 Å². The number of amides is 3. The lowest BCUT2D eigenvalue weighted by molar-refractivity contribution is -0.131. The van der Waals surface area contributed by atoms with E-state index in [4.69, 9.17) is 4.74 Å². The number of likely N-dealkylation sites (tertiary alicyclic amines) is 1. The van der Waals surface area contributed by atoms with Gasteiger partial charge in [-0.2, -0.15) is 5.10 Å². The Morgan fingerprint density at radius 1 is 1.09 bits per heavy atom. The van der Waals surface area contributed by atoms with E-state index in [2.05, 4.69) is 5.10 Å². The highest BCUT2D eigenvalue weighted by Gasteiger charge is 2.32. The summed E-state index contributed by atoms with van der Waals surface area (Å²) < 4.78 is 7.89. The molecule has 2 aliphatic heterocycles. The highest BCUT2D eigenvalue weighted by atomic mass is 16.5. The number of rotatable bonds is 9. The van der Waals surface area contributed by atoms with Crippen molar-refractivity contribution in [1.29, 1.82) is 0 Å². The van der Waals surface area contributed by atoms with E-state index in [0.29, 0.717) is 57.7 Å². The number of aryl methyl sites for hydroxylation is 1. The summed E-state index contributed by atoms with van der Waals surface area (Å²) in [5.41, 5.74) is 1.51. The molecule has 9 nitrogen and oxygen atoms in total. The third-order valence-corrected chi connectivity index (χ3v) is 6.37. The molecule has 0 aliphatic carbocycles. The van der Waals surface area contributed by atoms with Crippen LogP contribution in [-0.4, -0.2) is 87.6 Å². The highest BCUT2D eigenvalue weighted by Crippen LogP contribution is 2.16. The average molecular weight is 468 g/mol. The van der Waals surface area contributed by atoms with E-state index in [0.717, 1.165) is 18.5 Å². The Balaban J connectivity index is 1.43. The lowest BCUT2D eigenvalue weighted by Crippen LogP contribution is -2.40. The van der Waals surface area contributed by atoms with Gasteiger partial charge in [-0.15, -0.1) is 0 Å². The zero-order chi connectivity index (χ0) is 23.9. The number of benzene rings is 1. The first kappa shape index (κ1) is 23.9. The van der Waals surface area contributed by atoms with Gasteiger partial charge >= 0.3 is 0 Å². The van der Waals surface area contributed by atoms with Crippen LogP contribution >= 0.6 is 0 Å². The van der Waals surface area contributed by atoms with Crippen LogP contribution in [-0.2, 0) is 27.5 Å². The van der Waals surface area contributed by atoms with Crippen LogP contribution in [0.1, 0.15) is 42.1 Å². The summed E-state index contributed by atoms with van der Waals surface area (Å²) in [5.74, 6) is -0.128. The lowest BCUT2D eigenvalue weighted by atomic mass is 10.2. The van der Waals surface area contributed by atoms with E-state index in [-0.39, 0.29) is 30.4 Å². The molecule has 0 spiro atoms. The molecule has 0 bridgehead atoms. The quantitative estimate of drug-likeness (QED) is 0.561. The SMILES string of the molecule is CCn1cc(C(=O)N2CC(=O)N(CCCN3CCCC3=O)C[C@H](OCc3ccccc3)C2)cn1. The van der Waals surface area contributed by atoms with Gasteiger partial charge in [0, 0.05) is 51.9 Å². The fourth-order valence-electron chi connectivity index (χ4n) is 4.47. The maximum absolute atomic E-state index is 13.2. The lowest BCUT2D eigenvalue weighted by Gasteiger charge is -2.25. The van der Waals surface area contributed by atoms with Gasteiger partial charge in [0.15, 0.2) is 0 Å². The van der Waals surface area contributed by atoms with Gasteiger partial charge in [-0.25, -0.2) is 0 Å². The summed E-state index contributed by atoms with van der Waals surface area (Å²) in [5, 5.41) is 4.20. The average Bonchev–Trinajstić information content (AvgIpc) is 3.46. The molecule has 2 saturated heterocycles. The molecule has 182 valence electrons. The minimum absolute atomic E-state index is 0.00395. The monoisotopic (exact) mass is 467 g/mol. The maximum Gasteiger partial charge on any atom is 0.257 e. The van der Waals surface area contributed by atoms with E-state index in [1.165, 1.54) is 0 Å². The zero-order valence-corrected chi connectivity index (χ0v) is 19.8. The van der Waals surface area contributed by atoms with E-state index < -0.39 is 0 Å². The Labute approximate surface area is 200 Å². The fraction of sp³-hybridized carbons (Fsp3) is 0.520. The molecule has 1 aromatic heterocycles. The largest absolute Gasteiger partial charge is 0.370 e. The summed E-state index contributed by atoms with van der Waals surface area (Å²) in [6.07, 6.45) is 5.17. The van der Waals surface area contributed by atoms with Gasteiger partial charge in [-0.3, -0.25) is 19.1 Å². The molecule has 0 N–H and O–H groups in total. The van der Waals surface area contributed by atoms with Crippen LogP contribution in [0.2, 0.25) is 0 Å². The fourth-order valence-corrected chi connectivity index (χ4v) is 4.47. The van der Waals surface area contributed by atoms with Gasteiger partial charge in [-0.05, 0) is 25.3 Å². The second-order valence-electron chi connectivity index (χ2n) is 8.87. The first-order chi connectivity index (χ1) is 16.5. The van der Waals surface area contributed by atoms with Gasteiger partial charge in [0.05, 0.1) is 24.5 Å². The molecular weight excluding hydrogens is 434 g/mol. The first-order valence-electron chi connectivity index (χ1n) is 12.1. The second kappa shape index (κ2) is 11.3. The van der Waals surface area contributed by atoms with Crippen molar-refractivity contribution in [1.82, 2.24) is 24.5 Å². The molecule has 1 atom stereocenters. The molecule has 0 unspecified atom stereocenters. The Morgan fingerprint density at radius 3 is 2.59 bits per heavy atom. The predicted molar refractivity (Wildman–Crippen MR) is 126 cm³/mol. The number of carbonyl (C=O) groups is 3. The van der Waals surface area contributed by atoms with Crippen molar-refractivity contribution < 1.29 is 19.1 Å². The van der Waals surface area contributed by atoms with E-state index >= 15 is 0 Å². The van der Waals surface area contributed by atoms with Crippen molar-refractivity contribution in [2.45, 2.75) is 45.4 Å². The molecule has 9 heteroatoms. The van der Waals surface area contributed by atoms with Crippen LogP contribution < -0.4 is 0 Å². The molecule has 3 amide bonds. The summed E-state index contributed by atoms with van der Waals surface area (Å²) in [4.78, 5) is 43.4. The molecule has 34 heavy (non-hydrogen) atoms. The Kier molecular flexibility index (Phi) is 7.95. The molecule has 4 rings (SSSR count). The van der Waals surface area contributed by atoms with Crippen molar-refractivity contribution in [2.24, 2.45) is 0 Å². The van der Waals surface area contributed by atoms with Crippen LogP contribution in [0.5, 0.6) is 0 Å². The standard InChI is InChI=1S/C25H33N5O4/c1-2-30-15-21(14-26-30)25(33)29-17-22(34-19-20-8-4-3-5-9-20)16-28(24(32)18-29)13-7-12-27-11-6-10-23(27)31/h3-5,8-9,14-15,22H,2,6-7,10-13,16-19H2,1H3/t22-/m0/s1. The number of aromatic nitrogens is 2. The summed E-state index contributed by atoms with van der Waals surface area (Å²) in [6.45, 7) is 5.76. The van der Waals surface area contributed by atoms with Crippen molar-refractivity contribution >= 4 is 17.7 Å². The normalized spacial score (nSPS) is 19.1. The molecule has 2 fully saturated rings.